The molecule has 0 aliphatic carbocycles. The van der Waals surface area contributed by atoms with Gasteiger partial charge in [-0.2, -0.15) is 0 Å². The molecule has 1 amide bonds. The van der Waals surface area contributed by atoms with Crippen LogP contribution in [0.25, 0.3) is 16.9 Å². The average molecular weight is 363 g/mol. The fourth-order valence-corrected chi connectivity index (χ4v) is 3.51. The number of nitrogens with zero attached hydrogens (tertiary/aromatic N) is 4. The molecule has 7 heteroatoms. The van der Waals surface area contributed by atoms with Gasteiger partial charge in [-0.05, 0) is 38.1 Å². The van der Waals surface area contributed by atoms with Crippen LogP contribution in [0.3, 0.4) is 0 Å². The molecule has 0 aliphatic rings. The van der Waals surface area contributed by atoms with Gasteiger partial charge in [0, 0.05) is 41.4 Å². The predicted octanol–water partition coefficient (Wildman–Crippen LogP) is 3.65. The van der Waals surface area contributed by atoms with Gasteiger partial charge in [0.05, 0.1) is 17.3 Å². The van der Waals surface area contributed by atoms with Crippen molar-refractivity contribution in [2.45, 2.75) is 19.9 Å². The molecule has 0 saturated heterocycles. The SMILES string of the molecule is Cc1cc(-c2cccnc2)nc2c(C(=O)NC(C)c3nccs3)ccn12. The van der Waals surface area contributed by atoms with E-state index in [1.54, 1.807) is 24.7 Å². The number of fused-ring (bicyclic) bond motifs is 1. The number of carbonyl (C=O) groups is 1. The van der Waals surface area contributed by atoms with Gasteiger partial charge in [0.15, 0.2) is 0 Å². The van der Waals surface area contributed by atoms with Crippen molar-refractivity contribution in [3.8, 4) is 11.3 Å². The topological polar surface area (TPSA) is 72.2 Å². The molecule has 0 saturated carbocycles. The van der Waals surface area contributed by atoms with Crippen molar-refractivity contribution in [3.63, 3.8) is 0 Å². The third-order valence-electron chi connectivity index (χ3n) is 4.18. The summed E-state index contributed by atoms with van der Waals surface area (Å²) in [6, 6.07) is 7.46. The molecule has 0 spiro atoms. The molecule has 0 bridgehead atoms. The summed E-state index contributed by atoms with van der Waals surface area (Å²) in [7, 11) is 0. The zero-order chi connectivity index (χ0) is 18.1. The van der Waals surface area contributed by atoms with E-state index in [9.17, 15) is 4.79 Å². The molecule has 1 unspecified atom stereocenters. The molecule has 0 fully saturated rings. The lowest BCUT2D eigenvalue weighted by molar-refractivity contribution is 0.0941. The minimum atomic E-state index is -0.162. The summed E-state index contributed by atoms with van der Waals surface area (Å²) in [5.74, 6) is -0.162. The number of pyridine rings is 1. The van der Waals surface area contributed by atoms with Gasteiger partial charge in [-0.3, -0.25) is 9.78 Å². The van der Waals surface area contributed by atoms with Crippen LogP contribution in [-0.2, 0) is 0 Å². The second-order valence-electron chi connectivity index (χ2n) is 6.01. The second-order valence-corrected chi connectivity index (χ2v) is 6.94. The maximum Gasteiger partial charge on any atom is 0.255 e. The van der Waals surface area contributed by atoms with E-state index < -0.39 is 0 Å². The fraction of sp³-hybridized carbons (Fsp3) is 0.158. The second kappa shape index (κ2) is 6.68. The van der Waals surface area contributed by atoms with E-state index in [0.29, 0.717) is 11.2 Å². The van der Waals surface area contributed by atoms with Crippen molar-refractivity contribution in [1.82, 2.24) is 24.7 Å². The Labute approximate surface area is 154 Å². The van der Waals surface area contributed by atoms with Crippen LogP contribution in [0.4, 0.5) is 0 Å². The lowest BCUT2D eigenvalue weighted by atomic mass is 10.2. The van der Waals surface area contributed by atoms with Crippen LogP contribution in [0.15, 0.2) is 54.4 Å². The molecule has 1 N–H and O–H groups in total. The maximum absolute atomic E-state index is 12.8. The van der Waals surface area contributed by atoms with Gasteiger partial charge >= 0.3 is 0 Å². The zero-order valence-electron chi connectivity index (χ0n) is 14.4. The Bertz CT molecular complexity index is 1060. The smallest absolute Gasteiger partial charge is 0.255 e. The summed E-state index contributed by atoms with van der Waals surface area (Å²) in [6.45, 7) is 3.92. The molecular weight excluding hydrogens is 346 g/mol. The first kappa shape index (κ1) is 16.4. The Morgan fingerprint density at radius 3 is 2.92 bits per heavy atom. The van der Waals surface area contributed by atoms with Crippen LogP contribution in [0.5, 0.6) is 0 Å². The third kappa shape index (κ3) is 2.97. The van der Waals surface area contributed by atoms with E-state index in [1.807, 2.05) is 48.0 Å². The van der Waals surface area contributed by atoms with Gasteiger partial charge in [-0.15, -0.1) is 11.3 Å². The van der Waals surface area contributed by atoms with Gasteiger partial charge in [-0.1, -0.05) is 0 Å². The molecule has 0 radical (unpaired) electrons. The Kier molecular flexibility index (Phi) is 4.22. The van der Waals surface area contributed by atoms with E-state index in [0.717, 1.165) is 22.0 Å². The van der Waals surface area contributed by atoms with E-state index in [-0.39, 0.29) is 11.9 Å². The molecule has 4 heterocycles. The Hall–Kier alpha value is -3.06. The summed E-state index contributed by atoms with van der Waals surface area (Å²) in [5.41, 5.74) is 3.89. The summed E-state index contributed by atoms with van der Waals surface area (Å²) >= 11 is 1.52. The van der Waals surface area contributed by atoms with Crippen molar-refractivity contribution in [3.05, 3.63) is 70.7 Å². The van der Waals surface area contributed by atoms with Crippen molar-refractivity contribution in [2.75, 3.05) is 0 Å². The van der Waals surface area contributed by atoms with Gasteiger partial charge in [0.1, 0.15) is 10.7 Å². The fourth-order valence-electron chi connectivity index (χ4n) is 2.86. The molecule has 6 nitrogen and oxygen atoms in total. The van der Waals surface area contributed by atoms with Crippen LogP contribution in [0, 0.1) is 6.92 Å². The number of rotatable bonds is 4. The number of carbonyl (C=O) groups excluding carboxylic acids is 1. The lowest BCUT2D eigenvalue weighted by Crippen LogP contribution is -2.26. The number of aromatic nitrogens is 4. The van der Waals surface area contributed by atoms with Crippen LogP contribution >= 0.6 is 11.3 Å². The highest BCUT2D eigenvalue weighted by molar-refractivity contribution is 7.09. The molecule has 4 aromatic rings. The first-order valence-electron chi connectivity index (χ1n) is 8.23. The van der Waals surface area contributed by atoms with Crippen LogP contribution < -0.4 is 5.32 Å². The average Bonchev–Trinajstić information content (AvgIpc) is 3.32. The summed E-state index contributed by atoms with van der Waals surface area (Å²) < 4.78 is 1.92. The van der Waals surface area contributed by atoms with Crippen molar-refractivity contribution < 1.29 is 4.79 Å². The normalized spacial score (nSPS) is 12.2. The first-order valence-corrected chi connectivity index (χ1v) is 9.11. The molecule has 26 heavy (non-hydrogen) atoms. The van der Waals surface area contributed by atoms with Crippen LogP contribution in [0.1, 0.15) is 34.0 Å². The zero-order valence-corrected chi connectivity index (χ0v) is 15.2. The van der Waals surface area contributed by atoms with Gasteiger partial charge in [-0.25, -0.2) is 9.97 Å². The standard InChI is InChI=1S/C19H17N5OS/c1-12-10-16(14-4-3-6-20-11-14)23-17-15(5-8-24(12)17)18(25)22-13(2)19-21-7-9-26-19/h3-11,13H,1-2H3,(H,22,25). The van der Waals surface area contributed by atoms with E-state index in [2.05, 4.69) is 15.3 Å². The number of hydrogen-bond acceptors (Lipinski definition) is 5. The van der Waals surface area contributed by atoms with Crippen LogP contribution in [0.2, 0.25) is 0 Å². The quantitative estimate of drug-likeness (QED) is 0.601. The molecular formula is C19H17N5OS. The lowest BCUT2D eigenvalue weighted by Gasteiger charge is -2.11. The maximum atomic E-state index is 12.8. The van der Waals surface area contributed by atoms with Gasteiger partial charge in [0.25, 0.3) is 5.91 Å². The molecule has 4 aromatic heterocycles. The van der Waals surface area contributed by atoms with Gasteiger partial charge < -0.3 is 9.72 Å². The number of thiazole rings is 1. The Morgan fingerprint density at radius 1 is 1.31 bits per heavy atom. The molecule has 130 valence electrons. The molecule has 1 atom stereocenters. The summed E-state index contributed by atoms with van der Waals surface area (Å²) in [6.07, 6.45) is 7.10. The number of aryl methyl sites for hydroxylation is 1. The first-order chi connectivity index (χ1) is 12.6. The summed E-state index contributed by atoms with van der Waals surface area (Å²) in [5, 5.41) is 5.78. The van der Waals surface area contributed by atoms with E-state index in [4.69, 9.17) is 4.98 Å². The van der Waals surface area contributed by atoms with Crippen LogP contribution in [-0.4, -0.2) is 25.3 Å². The van der Waals surface area contributed by atoms with Gasteiger partial charge in [0.2, 0.25) is 0 Å². The minimum absolute atomic E-state index is 0.153. The predicted molar refractivity (Wildman–Crippen MR) is 101 cm³/mol. The third-order valence-corrected chi connectivity index (χ3v) is 5.14. The minimum Gasteiger partial charge on any atom is -0.343 e. The highest BCUT2D eigenvalue weighted by atomic mass is 32.1. The van der Waals surface area contributed by atoms with Crippen molar-refractivity contribution in [2.24, 2.45) is 0 Å². The molecule has 0 aromatic carbocycles. The highest BCUT2D eigenvalue weighted by Crippen LogP contribution is 2.22. The number of hydrogen-bond donors (Lipinski definition) is 1. The monoisotopic (exact) mass is 363 g/mol. The summed E-state index contributed by atoms with van der Waals surface area (Å²) in [4.78, 5) is 25.9. The highest BCUT2D eigenvalue weighted by Gasteiger charge is 2.18. The molecule has 4 rings (SSSR count). The van der Waals surface area contributed by atoms with E-state index in [1.165, 1.54) is 11.3 Å². The Morgan fingerprint density at radius 2 is 2.19 bits per heavy atom. The Balaban J connectivity index is 1.71. The molecule has 0 aliphatic heterocycles. The number of amides is 1. The number of nitrogens with one attached hydrogen (secondary N) is 1. The van der Waals surface area contributed by atoms with Crippen molar-refractivity contribution >= 4 is 22.9 Å². The van der Waals surface area contributed by atoms with E-state index >= 15 is 0 Å². The largest absolute Gasteiger partial charge is 0.343 e. The van der Waals surface area contributed by atoms with Crippen molar-refractivity contribution in [1.29, 1.82) is 0 Å².